The summed E-state index contributed by atoms with van der Waals surface area (Å²) in [5.41, 5.74) is 0. The van der Waals surface area contributed by atoms with E-state index in [-0.39, 0.29) is 6.04 Å². The lowest BCUT2D eigenvalue weighted by Gasteiger charge is -2.14. The van der Waals surface area contributed by atoms with Crippen LogP contribution in [0.3, 0.4) is 0 Å². The van der Waals surface area contributed by atoms with Crippen molar-refractivity contribution in [3.05, 3.63) is 0 Å². The average Bonchev–Trinajstić information content (AvgIpc) is 2.15. The Labute approximate surface area is 86.9 Å². The first-order chi connectivity index (χ1) is 6.70. The first kappa shape index (κ1) is 13.3. The number of carbonyl (C=O) groups is 1. The number of unbranched alkanes of at least 4 members (excludes halogenated alkanes) is 4. The standard InChI is InChI=1S/C11H23NO2/c1-3-5-6-7-8-9-10(4-2)12-11(13)14/h10,12H,3-9H2,1-2H3,(H,13,14). The van der Waals surface area contributed by atoms with E-state index in [0.29, 0.717) is 0 Å². The molecule has 0 saturated carbocycles. The molecule has 0 spiro atoms. The fourth-order valence-corrected chi connectivity index (χ4v) is 1.55. The van der Waals surface area contributed by atoms with Crippen molar-refractivity contribution >= 4 is 6.09 Å². The summed E-state index contributed by atoms with van der Waals surface area (Å²) in [7, 11) is 0. The van der Waals surface area contributed by atoms with E-state index >= 15 is 0 Å². The maximum absolute atomic E-state index is 10.4. The Balaban J connectivity index is 3.38. The third-order valence-corrected chi connectivity index (χ3v) is 2.48. The second kappa shape index (κ2) is 8.85. The highest BCUT2D eigenvalue weighted by atomic mass is 16.4. The molecular formula is C11H23NO2. The number of amides is 1. The summed E-state index contributed by atoms with van der Waals surface area (Å²) in [6, 6.07) is 0.147. The van der Waals surface area contributed by atoms with Crippen LogP contribution < -0.4 is 5.32 Å². The maximum atomic E-state index is 10.4. The Morgan fingerprint density at radius 3 is 2.36 bits per heavy atom. The van der Waals surface area contributed by atoms with Crippen molar-refractivity contribution < 1.29 is 9.90 Å². The molecule has 0 radical (unpaired) electrons. The Kier molecular flexibility index (Phi) is 8.39. The van der Waals surface area contributed by atoms with E-state index in [0.717, 1.165) is 19.3 Å². The number of hydrogen-bond donors (Lipinski definition) is 2. The van der Waals surface area contributed by atoms with Gasteiger partial charge >= 0.3 is 6.09 Å². The molecule has 0 saturated heterocycles. The third-order valence-electron chi connectivity index (χ3n) is 2.48. The van der Waals surface area contributed by atoms with Gasteiger partial charge in [-0.2, -0.15) is 0 Å². The van der Waals surface area contributed by atoms with Gasteiger partial charge in [0.1, 0.15) is 0 Å². The monoisotopic (exact) mass is 201 g/mol. The Hall–Kier alpha value is -0.730. The molecule has 0 aromatic rings. The van der Waals surface area contributed by atoms with E-state index in [2.05, 4.69) is 12.2 Å². The van der Waals surface area contributed by atoms with Crippen LogP contribution in [0, 0.1) is 0 Å². The van der Waals surface area contributed by atoms with Crippen molar-refractivity contribution in [3.8, 4) is 0 Å². The van der Waals surface area contributed by atoms with Gasteiger partial charge in [-0.1, -0.05) is 46.0 Å². The van der Waals surface area contributed by atoms with Crippen LogP contribution in [0.15, 0.2) is 0 Å². The Bertz CT molecular complexity index is 148. The summed E-state index contributed by atoms with van der Waals surface area (Å²) >= 11 is 0. The molecule has 3 nitrogen and oxygen atoms in total. The van der Waals surface area contributed by atoms with E-state index in [1.54, 1.807) is 0 Å². The Morgan fingerprint density at radius 1 is 1.21 bits per heavy atom. The van der Waals surface area contributed by atoms with Crippen molar-refractivity contribution in [2.75, 3.05) is 0 Å². The average molecular weight is 201 g/mol. The molecule has 0 aromatic heterocycles. The zero-order valence-corrected chi connectivity index (χ0v) is 9.38. The minimum Gasteiger partial charge on any atom is -0.465 e. The van der Waals surface area contributed by atoms with Gasteiger partial charge in [0.2, 0.25) is 0 Å². The van der Waals surface area contributed by atoms with E-state index in [1.807, 2.05) is 6.92 Å². The molecule has 0 aliphatic rings. The van der Waals surface area contributed by atoms with Gasteiger partial charge in [-0.3, -0.25) is 0 Å². The second-order valence-corrected chi connectivity index (χ2v) is 3.76. The molecule has 0 bridgehead atoms. The lowest BCUT2D eigenvalue weighted by atomic mass is 10.0. The molecular weight excluding hydrogens is 178 g/mol. The first-order valence-corrected chi connectivity index (χ1v) is 5.70. The third kappa shape index (κ3) is 7.90. The van der Waals surface area contributed by atoms with Gasteiger partial charge in [0.05, 0.1) is 0 Å². The summed E-state index contributed by atoms with van der Waals surface area (Å²) in [4.78, 5) is 10.4. The molecule has 2 N–H and O–H groups in total. The minimum absolute atomic E-state index is 0.147. The van der Waals surface area contributed by atoms with Gasteiger partial charge in [0.15, 0.2) is 0 Å². The quantitative estimate of drug-likeness (QED) is 0.591. The number of carboxylic acid groups (broad SMARTS) is 1. The number of rotatable bonds is 8. The van der Waals surface area contributed by atoms with Crippen LogP contribution in [0.2, 0.25) is 0 Å². The normalized spacial score (nSPS) is 12.4. The van der Waals surface area contributed by atoms with Crippen LogP contribution in [-0.2, 0) is 0 Å². The summed E-state index contributed by atoms with van der Waals surface area (Å²) in [6.45, 7) is 4.22. The van der Waals surface area contributed by atoms with E-state index in [4.69, 9.17) is 5.11 Å². The van der Waals surface area contributed by atoms with E-state index in [9.17, 15) is 4.79 Å². The molecule has 14 heavy (non-hydrogen) atoms. The van der Waals surface area contributed by atoms with E-state index < -0.39 is 6.09 Å². The summed E-state index contributed by atoms with van der Waals surface area (Å²) in [6.07, 6.45) is 7.16. The number of nitrogens with one attached hydrogen (secondary N) is 1. The fourth-order valence-electron chi connectivity index (χ4n) is 1.55. The molecule has 84 valence electrons. The van der Waals surface area contributed by atoms with Crippen molar-refractivity contribution in [2.24, 2.45) is 0 Å². The molecule has 3 heteroatoms. The molecule has 0 aliphatic heterocycles. The molecule has 0 rings (SSSR count). The molecule has 1 unspecified atom stereocenters. The predicted molar refractivity (Wildman–Crippen MR) is 58.6 cm³/mol. The fraction of sp³-hybridized carbons (Fsp3) is 0.909. The molecule has 0 heterocycles. The molecule has 1 amide bonds. The first-order valence-electron chi connectivity index (χ1n) is 5.70. The van der Waals surface area contributed by atoms with Gasteiger partial charge < -0.3 is 10.4 Å². The van der Waals surface area contributed by atoms with Gasteiger partial charge in [-0.25, -0.2) is 4.79 Å². The van der Waals surface area contributed by atoms with Crippen molar-refractivity contribution in [2.45, 2.75) is 64.8 Å². The van der Waals surface area contributed by atoms with Gasteiger partial charge in [0.25, 0.3) is 0 Å². The summed E-state index contributed by atoms with van der Waals surface area (Å²) in [5.74, 6) is 0. The summed E-state index contributed by atoms with van der Waals surface area (Å²) < 4.78 is 0. The zero-order chi connectivity index (χ0) is 10.8. The molecule has 0 aliphatic carbocycles. The van der Waals surface area contributed by atoms with Crippen LogP contribution in [0.25, 0.3) is 0 Å². The van der Waals surface area contributed by atoms with Gasteiger partial charge in [0, 0.05) is 6.04 Å². The van der Waals surface area contributed by atoms with Crippen molar-refractivity contribution in [1.82, 2.24) is 5.32 Å². The van der Waals surface area contributed by atoms with Crippen LogP contribution in [-0.4, -0.2) is 17.2 Å². The lowest BCUT2D eigenvalue weighted by Crippen LogP contribution is -2.32. The van der Waals surface area contributed by atoms with Crippen LogP contribution in [0.4, 0.5) is 4.79 Å². The molecule has 0 fully saturated rings. The van der Waals surface area contributed by atoms with Crippen molar-refractivity contribution in [1.29, 1.82) is 0 Å². The lowest BCUT2D eigenvalue weighted by molar-refractivity contribution is 0.188. The smallest absolute Gasteiger partial charge is 0.404 e. The highest BCUT2D eigenvalue weighted by Gasteiger charge is 2.07. The van der Waals surface area contributed by atoms with Crippen LogP contribution in [0.5, 0.6) is 0 Å². The van der Waals surface area contributed by atoms with Gasteiger partial charge in [-0.05, 0) is 12.8 Å². The molecule has 1 atom stereocenters. The number of hydrogen-bond acceptors (Lipinski definition) is 1. The summed E-state index contributed by atoms with van der Waals surface area (Å²) in [5, 5.41) is 11.1. The predicted octanol–water partition coefficient (Wildman–Crippen LogP) is 3.39. The van der Waals surface area contributed by atoms with Crippen molar-refractivity contribution in [3.63, 3.8) is 0 Å². The highest BCUT2D eigenvalue weighted by Crippen LogP contribution is 2.08. The zero-order valence-electron chi connectivity index (χ0n) is 9.38. The second-order valence-electron chi connectivity index (χ2n) is 3.76. The largest absolute Gasteiger partial charge is 0.465 e. The topological polar surface area (TPSA) is 49.3 Å². The van der Waals surface area contributed by atoms with Gasteiger partial charge in [-0.15, -0.1) is 0 Å². The SMILES string of the molecule is CCCCCCCC(CC)NC(=O)O. The minimum atomic E-state index is -0.898. The maximum Gasteiger partial charge on any atom is 0.404 e. The molecule has 0 aromatic carbocycles. The Morgan fingerprint density at radius 2 is 1.86 bits per heavy atom. The van der Waals surface area contributed by atoms with E-state index in [1.165, 1.54) is 25.7 Å². The van der Waals surface area contributed by atoms with Crippen LogP contribution >= 0.6 is 0 Å². The highest BCUT2D eigenvalue weighted by molar-refractivity contribution is 5.64. The van der Waals surface area contributed by atoms with Crippen LogP contribution in [0.1, 0.15) is 58.8 Å².